The summed E-state index contributed by atoms with van der Waals surface area (Å²) in [5.74, 6) is -0.334. The van der Waals surface area contributed by atoms with Crippen molar-refractivity contribution in [3.05, 3.63) is 70.8 Å². The Morgan fingerprint density at radius 1 is 1.00 bits per heavy atom. The van der Waals surface area contributed by atoms with Crippen molar-refractivity contribution in [3.8, 4) is 0 Å². The molecule has 2 aromatic rings. The Balaban J connectivity index is 0.00000320. The lowest BCUT2D eigenvalue weighted by molar-refractivity contribution is -0.137. The summed E-state index contributed by atoms with van der Waals surface area (Å²) in [6.45, 7) is 4.60. The highest BCUT2D eigenvalue weighted by Crippen LogP contribution is 2.51. The molecule has 2 aromatic carbocycles. The second kappa shape index (κ2) is 9.54. The first-order valence-electron chi connectivity index (χ1n) is 12.7. The van der Waals surface area contributed by atoms with Crippen LogP contribution in [0.25, 0.3) is 0 Å². The van der Waals surface area contributed by atoms with E-state index in [1.54, 1.807) is 11.8 Å². The molecule has 0 saturated carbocycles. The van der Waals surface area contributed by atoms with Crippen molar-refractivity contribution in [2.45, 2.75) is 62.7 Å². The van der Waals surface area contributed by atoms with Crippen LogP contribution in [-0.2, 0) is 16.4 Å². The predicted molar refractivity (Wildman–Crippen MR) is 133 cm³/mol. The number of nitrogens with one attached hydrogen (secondary N) is 1. The second-order valence-electron chi connectivity index (χ2n) is 10.5. The molecule has 0 radical (unpaired) electrons. The van der Waals surface area contributed by atoms with E-state index in [0.717, 1.165) is 57.3 Å². The van der Waals surface area contributed by atoms with E-state index in [1.165, 1.54) is 23.3 Å². The van der Waals surface area contributed by atoms with Gasteiger partial charge in [-0.25, -0.2) is 0 Å². The number of rotatable bonds is 3. The van der Waals surface area contributed by atoms with Crippen LogP contribution < -0.4 is 5.32 Å². The van der Waals surface area contributed by atoms with Gasteiger partial charge in [-0.3, -0.25) is 9.59 Å². The summed E-state index contributed by atoms with van der Waals surface area (Å²) >= 11 is 0. The number of alkyl halides is 3. The molecule has 2 fully saturated rings. The van der Waals surface area contributed by atoms with Gasteiger partial charge in [0, 0.05) is 38.5 Å². The van der Waals surface area contributed by atoms with Crippen molar-refractivity contribution in [1.82, 2.24) is 15.1 Å². The molecular weight excluding hydrogens is 467 g/mol. The first kappa shape index (κ1) is 24.8. The van der Waals surface area contributed by atoms with Crippen LogP contribution in [0.2, 0.25) is 0 Å². The maximum atomic E-state index is 13.1. The predicted octanol–water partition coefficient (Wildman–Crippen LogP) is 5.17. The number of likely N-dealkylation sites (tertiary alicyclic amines) is 2. The van der Waals surface area contributed by atoms with Crippen LogP contribution in [0.5, 0.6) is 0 Å². The Bertz CT molecular complexity index is 1140. The van der Waals surface area contributed by atoms with Gasteiger partial charge in [-0.05, 0) is 74.5 Å². The van der Waals surface area contributed by atoms with Crippen LogP contribution in [0, 0.1) is 0 Å². The number of fused-ring (bicyclic) bond motifs is 2. The van der Waals surface area contributed by atoms with Gasteiger partial charge in [-0.15, -0.1) is 0 Å². The lowest BCUT2D eigenvalue weighted by Gasteiger charge is -2.45. The third kappa shape index (κ3) is 4.75. The molecule has 36 heavy (non-hydrogen) atoms. The molecule has 0 aromatic heterocycles. The lowest BCUT2D eigenvalue weighted by Crippen LogP contribution is -2.51. The third-order valence-electron chi connectivity index (χ3n) is 8.34. The average Bonchev–Trinajstić information content (AvgIpc) is 3.16. The molecule has 194 valence electrons. The van der Waals surface area contributed by atoms with E-state index in [1.807, 2.05) is 6.07 Å². The van der Waals surface area contributed by atoms with Crippen molar-refractivity contribution in [2.75, 3.05) is 26.2 Å². The van der Waals surface area contributed by atoms with E-state index in [0.29, 0.717) is 19.1 Å². The SMILES string of the molecule is CC(=O)NC1CC2(CCN(C3CCN(C(=O)c4cccc(C(F)(F)F)c4)CC3)CC2)c2ccccc21.[HH]. The van der Waals surface area contributed by atoms with Gasteiger partial charge in [0.05, 0.1) is 11.6 Å². The van der Waals surface area contributed by atoms with Crippen molar-refractivity contribution < 1.29 is 24.2 Å². The van der Waals surface area contributed by atoms with Crippen LogP contribution in [0.3, 0.4) is 0 Å². The highest BCUT2D eigenvalue weighted by Gasteiger charge is 2.46. The molecule has 5 nitrogen and oxygen atoms in total. The Morgan fingerprint density at radius 3 is 2.36 bits per heavy atom. The Morgan fingerprint density at radius 2 is 1.69 bits per heavy atom. The van der Waals surface area contributed by atoms with Crippen LogP contribution >= 0.6 is 0 Å². The Hall–Kier alpha value is -2.87. The topological polar surface area (TPSA) is 52.7 Å². The van der Waals surface area contributed by atoms with Crippen molar-refractivity contribution in [1.29, 1.82) is 0 Å². The van der Waals surface area contributed by atoms with Crippen LogP contribution in [0.1, 0.15) is 73.5 Å². The maximum absolute atomic E-state index is 13.1. The molecule has 2 aliphatic heterocycles. The molecule has 1 spiro atoms. The molecular formula is C28H34F3N3O2. The zero-order chi connectivity index (χ0) is 25.5. The van der Waals surface area contributed by atoms with Crippen LogP contribution in [0.4, 0.5) is 13.2 Å². The second-order valence-corrected chi connectivity index (χ2v) is 10.5. The highest BCUT2D eigenvalue weighted by molar-refractivity contribution is 5.94. The minimum absolute atomic E-state index is 0. The molecule has 1 unspecified atom stereocenters. The number of amides is 2. The molecule has 2 heterocycles. The molecule has 5 rings (SSSR count). The van der Waals surface area contributed by atoms with Crippen molar-refractivity contribution in [2.24, 2.45) is 0 Å². The van der Waals surface area contributed by atoms with Gasteiger partial charge in [0.15, 0.2) is 0 Å². The number of piperidine rings is 2. The first-order valence-corrected chi connectivity index (χ1v) is 12.7. The quantitative estimate of drug-likeness (QED) is 0.631. The van der Waals surface area contributed by atoms with Gasteiger partial charge in [0.1, 0.15) is 0 Å². The van der Waals surface area contributed by atoms with E-state index in [-0.39, 0.29) is 30.3 Å². The average molecular weight is 502 g/mol. The van der Waals surface area contributed by atoms with Gasteiger partial charge >= 0.3 is 6.18 Å². The van der Waals surface area contributed by atoms with E-state index in [4.69, 9.17) is 0 Å². The van der Waals surface area contributed by atoms with Crippen molar-refractivity contribution >= 4 is 11.8 Å². The van der Waals surface area contributed by atoms with Gasteiger partial charge in [0.2, 0.25) is 5.91 Å². The maximum Gasteiger partial charge on any atom is 0.416 e. The largest absolute Gasteiger partial charge is 0.416 e. The summed E-state index contributed by atoms with van der Waals surface area (Å²) in [6, 6.07) is 13.6. The van der Waals surface area contributed by atoms with Gasteiger partial charge in [0.25, 0.3) is 5.91 Å². The number of benzene rings is 2. The number of carbonyl (C=O) groups excluding carboxylic acids is 2. The van der Waals surface area contributed by atoms with Gasteiger partial charge in [-0.2, -0.15) is 13.2 Å². The number of carbonyl (C=O) groups is 2. The summed E-state index contributed by atoms with van der Waals surface area (Å²) in [4.78, 5) is 28.8. The molecule has 1 N–H and O–H groups in total. The number of nitrogens with zero attached hydrogens (tertiary/aromatic N) is 2. The molecule has 3 aliphatic rings. The molecule has 2 saturated heterocycles. The van der Waals surface area contributed by atoms with Gasteiger partial charge in [-0.1, -0.05) is 30.3 Å². The first-order chi connectivity index (χ1) is 17.2. The van der Waals surface area contributed by atoms with Crippen LogP contribution in [0.15, 0.2) is 48.5 Å². The van der Waals surface area contributed by atoms with E-state index >= 15 is 0 Å². The molecule has 8 heteroatoms. The summed E-state index contributed by atoms with van der Waals surface area (Å²) < 4.78 is 39.2. The zero-order valence-electron chi connectivity index (χ0n) is 20.5. The Kier molecular flexibility index (Phi) is 6.57. The summed E-state index contributed by atoms with van der Waals surface area (Å²) in [5, 5.41) is 3.13. The molecule has 1 atom stereocenters. The third-order valence-corrected chi connectivity index (χ3v) is 8.34. The fourth-order valence-electron chi connectivity index (χ4n) is 6.50. The lowest BCUT2D eigenvalue weighted by atomic mass is 9.73. The number of halogens is 3. The van der Waals surface area contributed by atoms with E-state index in [9.17, 15) is 22.8 Å². The van der Waals surface area contributed by atoms with Crippen LogP contribution in [-0.4, -0.2) is 53.8 Å². The molecule has 1 aliphatic carbocycles. The smallest absolute Gasteiger partial charge is 0.349 e. The minimum atomic E-state index is -4.46. The Labute approximate surface area is 211 Å². The van der Waals surface area contributed by atoms with Gasteiger partial charge < -0.3 is 15.1 Å². The monoisotopic (exact) mass is 501 g/mol. The molecule has 0 bridgehead atoms. The number of hydrogen-bond donors (Lipinski definition) is 1. The summed E-state index contributed by atoms with van der Waals surface area (Å²) in [6.07, 6.45) is 0.180. The van der Waals surface area contributed by atoms with E-state index in [2.05, 4.69) is 28.4 Å². The summed E-state index contributed by atoms with van der Waals surface area (Å²) in [7, 11) is 0. The fraction of sp³-hybridized carbons (Fsp3) is 0.500. The minimum Gasteiger partial charge on any atom is -0.349 e. The van der Waals surface area contributed by atoms with Crippen molar-refractivity contribution in [3.63, 3.8) is 0 Å². The fourth-order valence-corrected chi connectivity index (χ4v) is 6.50. The standard InChI is InChI=1S/C28H32F3N3O2.H2/c1-19(35)32-25-18-27(24-8-3-2-7-23(24)25)11-15-33(16-12-27)22-9-13-34(14-10-22)26(36)20-5-4-6-21(17-20)28(29,30)31;/h2-8,17,22,25H,9-16,18H2,1H3,(H,32,35);1H. The summed E-state index contributed by atoms with van der Waals surface area (Å²) in [5.41, 5.74) is 1.99. The highest BCUT2D eigenvalue weighted by atomic mass is 19.4. The zero-order valence-corrected chi connectivity index (χ0v) is 20.5. The van der Waals surface area contributed by atoms with E-state index < -0.39 is 11.7 Å². The normalized spacial score (nSPS) is 22.4. The number of hydrogen-bond acceptors (Lipinski definition) is 3. The molecule has 2 amide bonds.